The lowest BCUT2D eigenvalue weighted by molar-refractivity contribution is -0.0857. The van der Waals surface area contributed by atoms with E-state index in [1.807, 2.05) is 19.1 Å². The quantitative estimate of drug-likeness (QED) is 0.664. The van der Waals surface area contributed by atoms with Gasteiger partial charge >= 0.3 is 0 Å². The number of rotatable bonds is 3. The summed E-state index contributed by atoms with van der Waals surface area (Å²) in [6.45, 7) is 6.55. The molecule has 0 N–H and O–H groups in total. The van der Waals surface area contributed by atoms with Crippen molar-refractivity contribution in [2.24, 2.45) is 0 Å². The lowest BCUT2D eigenvalue weighted by Crippen LogP contribution is -2.55. The molecule has 2 aliphatic heterocycles. The van der Waals surface area contributed by atoms with Crippen LogP contribution in [0.1, 0.15) is 39.9 Å². The van der Waals surface area contributed by atoms with Crippen molar-refractivity contribution in [3.05, 3.63) is 63.4 Å². The number of benzene rings is 2. The summed E-state index contributed by atoms with van der Waals surface area (Å²) in [6.07, 6.45) is 0.599. The number of amides is 1. The minimum atomic E-state index is -3.80. The molecule has 2 aromatic rings. The standard InChI is InChI=1S/C23H26ClFN2O4S/c1-15-13-16(2)21(17(3)14-15)32(29,30)27-11-12-31-23(27)7-9-26(10-8-23)22(28)20-18(24)5-4-6-19(20)25/h4-6,13-14H,7-12H2,1-3H3. The summed E-state index contributed by atoms with van der Waals surface area (Å²) >= 11 is 6.06. The van der Waals surface area contributed by atoms with Gasteiger partial charge in [-0.1, -0.05) is 35.4 Å². The Morgan fingerprint density at radius 3 is 2.31 bits per heavy atom. The van der Waals surface area contributed by atoms with Crippen molar-refractivity contribution in [2.75, 3.05) is 26.2 Å². The van der Waals surface area contributed by atoms with Crippen molar-refractivity contribution >= 4 is 27.5 Å². The molecule has 6 nitrogen and oxygen atoms in total. The monoisotopic (exact) mass is 480 g/mol. The first-order chi connectivity index (χ1) is 15.1. The smallest absolute Gasteiger partial charge is 0.258 e. The van der Waals surface area contributed by atoms with Crippen molar-refractivity contribution < 1.29 is 22.3 Å². The third kappa shape index (κ3) is 3.83. The van der Waals surface area contributed by atoms with E-state index < -0.39 is 27.5 Å². The third-order valence-electron chi connectivity index (χ3n) is 6.28. The second kappa shape index (κ2) is 8.41. The van der Waals surface area contributed by atoms with E-state index in [0.29, 0.717) is 28.9 Å². The highest BCUT2D eigenvalue weighted by Crippen LogP contribution is 2.40. The number of piperidine rings is 1. The molecule has 172 valence electrons. The average molecular weight is 481 g/mol. The van der Waals surface area contributed by atoms with Crippen LogP contribution in [0.25, 0.3) is 0 Å². The fourth-order valence-electron chi connectivity index (χ4n) is 4.93. The number of halogens is 2. The summed E-state index contributed by atoms with van der Waals surface area (Å²) in [5.74, 6) is -1.17. The molecule has 0 unspecified atom stereocenters. The van der Waals surface area contributed by atoms with Crippen LogP contribution in [0.2, 0.25) is 5.02 Å². The molecule has 0 aliphatic carbocycles. The molecule has 4 rings (SSSR count). The van der Waals surface area contributed by atoms with Gasteiger partial charge in [0.15, 0.2) is 0 Å². The summed E-state index contributed by atoms with van der Waals surface area (Å²) in [4.78, 5) is 14.7. The molecule has 0 radical (unpaired) electrons. The van der Waals surface area contributed by atoms with Gasteiger partial charge in [-0.15, -0.1) is 0 Å². The molecule has 2 aliphatic rings. The molecule has 9 heteroatoms. The van der Waals surface area contributed by atoms with Crippen LogP contribution in [-0.2, 0) is 14.8 Å². The Bertz CT molecular complexity index is 1130. The SMILES string of the molecule is Cc1cc(C)c(S(=O)(=O)N2CCOC23CCN(C(=O)c2c(F)cccc2Cl)CC3)c(C)c1. The minimum Gasteiger partial charge on any atom is -0.358 e. The van der Waals surface area contributed by atoms with Gasteiger partial charge in [0, 0.05) is 32.5 Å². The molecule has 0 aromatic heterocycles. The molecule has 2 aromatic carbocycles. The van der Waals surface area contributed by atoms with E-state index in [9.17, 15) is 17.6 Å². The molecule has 2 heterocycles. The number of hydrogen-bond donors (Lipinski definition) is 0. The van der Waals surface area contributed by atoms with Crippen LogP contribution in [-0.4, -0.2) is 55.5 Å². The van der Waals surface area contributed by atoms with Crippen LogP contribution < -0.4 is 0 Å². The van der Waals surface area contributed by atoms with Gasteiger partial charge < -0.3 is 9.64 Å². The van der Waals surface area contributed by atoms with Gasteiger partial charge in [0.25, 0.3) is 5.91 Å². The number of carbonyl (C=O) groups is 1. The highest BCUT2D eigenvalue weighted by Gasteiger charge is 2.51. The van der Waals surface area contributed by atoms with E-state index >= 15 is 0 Å². The molecule has 0 atom stereocenters. The van der Waals surface area contributed by atoms with Crippen molar-refractivity contribution in [3.8, 4) is 0 Å². The Labute approximate surface area is 193 Å². The fourth-order valence-corrected chi connectivity index (χ4v) is 7.31. The summed E-state index contributed by atoms with van der Waals surface area (Å²) in [5, 5.41) is 0.0573. The summed E-state index contributed by atoms with van der Waals surface area (Å²) in [7, 11) is -3.80. The highest BCUT2D eigenvalue weighted by molar-refractivity contribution is 7.89. The van der Waals surface area contributed by atoms with E-state index in [0.717, 1.165) is 5.56 Å². The maximum absolute atomic E-state index is 14.2. The Morgan fingerprint density at radius 1 is 1.09 bits per heavy atom. The lowest BCUT2D eigenvalue weighted by Gasteiger charge is -2.43. The molecule has 1 amide bonds. The highest BCUT2D eigenvalue weighted by atomic mass is 35.5. The number of hydrogen-bond acceptors (Lipinski definition) is 4. The Balaban J connectivity index is 1.59. The van der Waals surface area contributed by atoms with Crippen LogP contribution in [0.5, 0.6) is 0 Å². The van der Waals surface area contributed by atoms with E-state index in [2.05, 4.69) is 0 Å². The van der Waals surface area contributed by atoms with Crippen molar-refractivity contribution in [3.63, 3.8) is 0 Å². The third-order valence-corrected chi connectivity index (χ3v) is 8.85. The van der Waals surface area contributed by atoms with Crippen LogP contribution in [0.15, 0.2) is 35.2 Å². The predicted octanol–water partition coefficient (Wildman–Crippen LogP) is 4.06. The molecule has 2 saturated heterocycles. The number of likely N-dealkylation sites (tertiary alicyclic amines) is 1. The summed E-state index contributed by atoms with van der Waals surface area (Å²) in [5.41, 5.74) is 1.23. The minimum absolute atomic E-state index is 0.0573. The van der Waals surface area contributed by atoms with Crippen LogP contribution >= 0.6 is 11.6 Å². The van der Waals surface area contributed by atoms with Gasteiger partial charge in [0.1, 0.15) is 11.5 Å². The second-order valence-corrected chi connectivity index (χ2v) is 10.7. The summed E-state index contributed by atoms with van der Waals surface area (Å²) in [6, 6.07) is 7.85. The number of sulfonamides is 1. The van der Waals surface area contributed by atoms with Gasteiger partial charge in [-0.2, -0.15) is 4.31 Å². The van der Waals surface area contributed by atoms with Crippen molar-refractivity contribution in [1.82, 2.24) is 9.21 Å². The van der Waals surface area contributed by atoms with Crippen LogP contribution in [0.3, 0.4) is 0 Å². The molecular formula is C23H26ClFN2O4S. The fraction of sp³-hybridized carbons (Fsp3) is 0.435. The van der Waals surface area contributed by atoms with E-state index in [-0.39, 0.29) is 36.8 Å². The topological polar surface area (TPSA) is 66.9 Å². The molecule has 2 fully saturated rings. The number of ether oxygens (including phenoxy) is 1. The molecule has 0 saturated carbocycles. The van der Waals surface area contributed by atoms with Gasteiger partial charge in [0.2, 0.25) is 10.0 Å². The normalized spacial score (nSPS) is 19.0. The Hall–Kier alpha value is -2.00. The van der Waals surface area contributed by atoms with Gasteiger partial charge in [-0.05, 0) is 44.0 Å². The zero-order chi connectivity index (χ0) is 23.3. The van der Waals surface area contributed by atoms with Crippen molar-refractivity contribution in [2.45, 2.75) is 44.2 Å². The maximum atomic E-state index is 14.2. The number of aryl methyl sites for hydroxylation is 3. The molecule has 1 spiro atoms. The number of nitrogens with zero attached hydrogens (tertiary/aromatic N) is 2. The molecule has 32 heavy (non-hydrogen) atoms. The second-order valence-electron chi connectivity index (χ2n) is 8.49. The number of carbonyl (C=O) groups excluding carboxylic acids is 1. The van der Waals surface area contributed by atoms with Gasteiger partial charge in [0.05, 0.1) is 22.1 Å². The van der Waals surface area contributed by atoms with Gasteiger partial charge in [-0.3, -0.25) is 4.79 Å². The summed E-state index contributed by atoms with van der Waals surface area (Å²) < 4.78 is 49.0. The van der Waals surface area contributed by atoms with E-state index in [4.69, 9.17) is 16.3 Å². The lowest BCUT2D eigenvalue weighted by atomic mass is 10.00. The Morgan fingerprint density at radius 2 is 1.72 bits per heavy atom. The Kier molecular flexibility index (Phi) is 6.09. The molecular weight excluding hydrogens is 455 g/mol. The first-order valence-electron chi connectivity index (χ1n) is 10.5. The van der Waals surface area contributed by atoms with Gasteiger partial charge in [-0.25, -0.2) is 12.8 Å². The predicted molar refractivity (Wildman–Crippen MR) is 120 cm³/mol. The zero-order valence-corrected chi connectivity index (χ0v) is 19.9. The first kappa shape index (κ1) is 23.2. The maximum Gasteiger partial charge on any atom is 0.258 e. The van der Waals surface area contributed by atoms with E-state index in [1.165, 1.54) is 27.4 Å². The van der Waals surface area contributed by atoms with Crippen LogP contribution in [0.4, 0.5) is 4.39 Å². The van der Waals surface area contributed by atoms with E-state index in [1.54, 1.807) is 13.8 Å². The molecule has 0 bridgehead atoms. The largest absolute Gasteiger partial charge is 0.358 e. The van der Waals surface area contributed by atoms with Crippen molar-refractivity contribution in [1.29, 1.82) is 0 Å². The first-order valence-corrected chi connectivity index (χ1v) is 12.4. The van der Waals surface area contributed by atoms with Crippen LogP contribution in [0, 0.1) is 26.6 Å². The average Bonchev–Trinajstić information content (AvgIpc) is 3.11. The zero-order valence-electron chi connectivity index (χ0n) is 18.3.